The minimum Gasteiger partial charge on any atom is -0.497 e. The molecule has 27 heavy (non-hydrogen) atoms. The summed E-state index contributed by atoms with van der Waals surface area (Å²) in [5.41, 5.74) is 0.729. The van der Waals surface area contributed by atoms with E-state index in [1.807, 2.05) is 57.0 Å². The molecule has 1 aromatic carbocycles. The predicted molar refractivity (Wildman–Crippen MR) is 104 cm³/mol. The van der Waals surface area contributed by atoms with Crippen LogP contribution >= 0.6 is 0 Å². The van der Waals surface area contributed by atoms with Crippen molar-refractivity contribution in [2.45, 2.75) is 38.8 Å². The van der Waals surface area contributed by atoms with Gasteiger partial charge in [0.1, 0.15) is 11.4 Å². The van der Waals surface area contributed by atoms with Crippen LogP contribution in [0.5, 0.6) is 5.75 Å². The number of likely N-dealkylation sites (tertiary alicyclic amines) is 1. The van der Waals surface area contributed by atoms with Gasteiger partial charge < -0.3 is 19.5 Å². The van der Waals surface area contributed by atoms with E-state index in [1.54, 1.807) is 7.11 Å². The molecule has 1 saturated carbocycles. The van der Waals surface area contributed by atoms with Crippen molar-refractivity contribution in [1.29, 1.82) is 0 Å². The van der Waals surface area contributed by atoms with Gasteiger partial charge >= 0.3 is 6.09 Å². The molecule has 3 rings (SSSR count). The molecular formula is C21H32N2O4. The van der Waals surface area contributed by atoms with E-state index in [0.717, 1.165) is 37.4 Å². The van der Waals surface area contributed by atoms with Crippen LogP contribution in [0.2, 0.25) is 0 Å². The van der Waals surface area contributed by atoms with E-state index in [2.05, 4.69) is 4.90 Å². The fourth-order valence-corrected chi connectivity index (χ4v) is 4.24. The first kappa shape index (κ1) is 20.0. The van der Waals surface area contributed by atoms with E-state index >= 15 is 0 Å². The third kappa shape index (κ3) is 4.38. The van der Waals surface area contributed by atoms with Gasteiger partial charge in [-0.05, 0) is 57.9 Å². The SMILES string of the molecule is COc1ccc([C@H](CO)N(C)C[C@]23C[C@@H]2CN(C(=O)OC(C)(C)C)C3)cc1. The molecule has 6 heteroatoms. The smallest absolute Gasteiger partial charge is 0.410 e. The Bertz CT molecular complexity index is 670. The van der Waals surface area contributed by atoms with Crippen molar-refractivity contribution < 1.29 is 19.4 Å². The summed E-state index contributed by atoms with van der Waals surface area (Å²) in [7, 11) is 3.69. The van der Waals surface area contributed by atoms with Crippen LogP contribution in [-0.2, 0) is 4.74 Å². The van der Waals surface area contributed by atoms with Crippen LogP contribution < -0.4 is 4.74 Å². The molecule has 0 radical (unpaired) electrons. The summed E-state index contributed by atoms with van der Waals surface area (Å²) in [6.45, 7) is 8.10. The monoisotopic (exact) mass is 376 g/mol. The van der Waals surface area contributed by atoms with Crippen LogP contribution in [-0.4, -0.2) is 67.0 Å². The Morgan fingerprint density at radius 2 is 2.04 bits per heavy atom. The lowest BCUT2D eigenvalue weighted by molar-refractivity contribution is 0.0251. The second-order valence-electron chi connectivity index (χ2n) is 9.01. The van der Waals surface area contributed by atoms with Crippen molar-refractivity contribution in [2.75, 3.05) is 40.4 Å². The maximum Gasteiger partial charge on any atom is 0.410 e. The molecule has 1 aliphatic carbocycles. The van der Waals surface area contributed by atoms with Crippen molar-refractivity contribution in [1.82, 2.24) is 9.80 Å². The van der Waals surface area contributed by atoms with E-state index in [1.165, 1.54) is 0 Å². The van der Waals surface area contributed by atoms with Gasteiger partial charge in [0.05, 0.1) is 19.8 Å². The number of carbonyl (C=O) groups is 1. The molecule has 0 unspecified atom stereocenters. The lowest BCUT2D eigenvalue weighted by Gasteiger charge is -2.31. The number of benzene rings is 1. The number of aliphatic hydroxyl groups excluding tert-OH is 1. The maximum atomic E-state index is 12.4. The van der Waals surface area contributed by atoms with E-state index in [4.69, 9.17) is 9.47 Å². The minimum atomic E-state index is -0.468. The van der Waals surface area contributed by atoms with Crippen LogP contribution in [0.3, 0.4) is 0 Å². The summed E-state index contributed by atoms with van der Waals surface area (Å²) in [5, 5.41) is 9.96. The molecule has 6 nitrogen and oxygen atoms in total. The first-order valence-corrected chi connectivity index (χ1v) is 9.60. The van der Waals surface area contributed by atoms with Gasteiger partial charge in [0.15, 0.2) is 0 Å². The number of fused-ring (bicyclic) bond motifs is 1. The highest BCUT2D eigenvalue weighted by molar-refractivity contribution is 5.69. The Labute approximate surface area is 162 Å². The molecule has 150 valence electrons. The zero-order chi connectivity index (χ0) is 19.8. The van der Waals surface area contributed by atoms with Crippen LogP contribution in [0.15, 0.2) is 24.3 Å². The molecule has 3 atom stereocenters. The quantitative estimate of drug-likeness (QED) is 0.827. The highest BCUT2D eigenvalue weighted by atomic mass is 16.6. The average Bonchev–Trinajstić information content (AvgIpc) is 3.13. The lowest BCUT2D eigenvalue weighted by Crippen LogP contribution is -2.39. The van der Waals surface area contributed by atoms with Gasteiger partial charge in [-0.1, -0.05) is 12.1 Å². The molecule has 0 bridgehead atoms. The Hall–Kier alpha value is -1.79. The summed E-state index contributed by atoms with van der Waals surface area (Å²) in [5.74, 6) is 1.34. The van der Waals surface area contributed by atoms with Crippen molar-refractivity contribution in [3.05, 3.63) is 29.8 Å². The molecule has 1 saturated heterocycles. The number of hydrogen-bond donors (Lipinski definition) is 1. The largest absolute Gasteiger partial charge is 0.497 e. The van der Waals surface area contributed by atoms with Gasteiger partial charge in [0.25, 0.3) is 0 Å². The van der Waals surface area contributed by atoms with Crippen LogP contribution in [0.25, 0.3) is 0 Å². The summed E-state index contributed by atoms with van der Waals surface area (Å²) < 4.78 is 10.7. The Morgan fingerprint density at radius 1 is 1.37 bits per heavy atom. The second kappa shape index (κ2) is 7.32. The number of amides is 1. The summed E-state index contributed by atoms with van der Waals surface area (Å²) >= 11 is 0. The molecule has 1 aliphatic heterocycles. The van der Waals surface area contributed by atoms with Gasteiger partial charge in [-0.15, -0.1) is 0 Å². The van der Waals surface area contributed by atoms with Crippen molar-refractivity contribution >= 4 is 6.09 Å². The van der Waals surface area contributed by atoms with Gasteiger partial charge in [-0.3, -0.25) is 4.90 Å². The number of methoxy groups -OCH3 is 1. The van der Waals surface area contributed by atoms with Crippen molar-refractivity contribution in [3.63, 3.8) is 0 Å². The zero-order valence-corrected chi connectivity index (χ0v) is 17.1. The number of hydrogen-bond acceptors (Lipinski definition) is 5. The topological polar surface area (TPSA) is 62.2 Å². The lowest BCUT2D eigenvalue weighted by atomic mass is 10.0. The summed E-state index contributed by atoms with van der Waals surface area (Å²) in [4.78, 5) is 16.4. The van der Waals surface area contributed by atoms with E-state index in [0.29, 0.717) is 5.92 Å². The number of aliphatic hydroxyl groups is 1. The molecule has 1 amide bonds. The Morgan fingerprint density at radius 3 is 2.59 bits per heavy atom. The van der Waals surface area contributed by atoms with Gasteiger partial charge in [-0.25, -0.2) is 4.79 Å². The molecule has 2 aliphatic rings. The van der Waals surface area contributed by atoms with Crippen molar-refractivity contribution in [2.24, 2.45) is 11.3 Å². The maximum absolute atomic E-state index is 12.4. The molecule has 2 fully saturated rings. The standard InChI is InChI=1S/C21H32N2O4/c1-20(2,3)27-19(25)23-11-16-10-21(16,14-23)13-22(4)18(12-24)15-6-8-17(26-5)9-7-15/h6-9,16,18,24H,10-14H2,1-5H3/t16-,18+,21+/m1/s1. The highest BCUT2D eigenvalue weighted by Crippen LogP contribution is 2.58. The number of piperidine rings is 1. The van der Waals surface area contributed by atoms with Crippen LogP contribution in [0, 0.1) is 11.3 Å². The fourth-order valence-electron chi connectivity index (χ4n) is 4.24. The third-order valence-corrected chi connectivity index (χ3v) is 5.73. The predicted octanol–water partition coefficient (Wildman–Crippen LogP) is 2.92. The van der Waals surface area contributed by atoms with E-state index in [-0.39, 0.29) is 24.2 Å². The van der Waals surface area contributed by atoms with Crippen LogP contribution in [0.4, 0.5) is 4.79 Å². The molecule has 1 N–H and O–H groups in total. The van der Waals surface area contributed by atoms with Gasteiger partial charge in [0, 0.05) is 25.0 Å². The normalized spacial score (nSPS) is 25.3. The zero-order valence-electron chi connectivity index (χ0n) is 17.1. The Balaban J connectivity index is 1.62. The highest BCUT2D eigenvalue weighted by Gasteiger charge is 2.61. The number of rotatable bonds is 6. The number of ether oxygens (including phenoxy) is 2. The third-order valence-electron chi connectivity index (χ3n) is 5.73. The average molecular weight is 376 g/mol. The molecule has 1 aromatic rings. The molecule has 1 heterocycles. The minimum absolute atomic E-state index is 0.0549. The number of carbonyl (C=O) groups excluding carboxylic acids is 1. The second-order valence-corrected chi connectivity index (χ2v) is 9.01. The van der Waals surface area contributed by atoms with E-state index < -0.39 is 5.60 Å². The number of likely N-dealkylation sites (N-methyl/N-ethyl adjacent to an activating group) is 1. The van der Waals surface area contributed by atoms with Gasteiger partial charge in [-0.2, -0.15) is 0 Å². The van der Waals surface area contributed by atoms with Crippen molar-refractivity contribution in [3.8, 4) is 5.75 Å². The van der Waals surface area contributed by atoms with Crippen LogP contribution in [0.1, 0.15) is 38.8 Å². The summed E-state index contributed by atoms with van der Waals surface area (Å²) in [6, 6.07) is 7.77. The first-order valence-electron chi connectivity index (χ1n) is 9.60. The molecule has 0 spiro atoms. The fraction of sp³-hybridized carbons (Fsp3) is 0.667. The van der Waals surface area contributed by atoms with Gasteiger partial charge in [0.2, 0.25) is 0 Å². The Kier molecular flexibility index (Phi) is 5.41. The molecular weight excluding hydrogens is 344 g/mol. The summed E-state index contributed by atoms with van der Waals surface area (Å²) in [6.07, 6.45) is 0.919. The number of nitrogens with zero attached hydrogens (tertiary/aromatic N) is 2. The first-order chi connectivity index (χ1) is 12.7. The van der Waals surface area contributed by atoms with E-state index in [9.17, 15) is 9.90 Å². The molecule has 0 aromatic heterocycles.